The molecule has 6 heteroatoms. The van der Waals surface area contributed by atoms with Gasteiger partial charge >= 0.3 is 0 Å². The average molecular weight is 366 g/mol. The molecule has 0 N–H and O–H groups in total. The van der Waals surface area contributed by atoms with Gasteiger partial charge in [-0.05, 0) is 38.2 Å². The van der Waals surface area contributed by atoms with Crippen LogP contribution < -0.4 is 0 Å². The van der Waals surface area contributed by atoms with Crippen molar-refractivity contribution in [3.05, 3.63) is 54.1 Å². The number of hydrogen-bond acceptors (Lipinski definition) is 3. The number of aryl methyl sites for hydroxylation is 1. The summed E-state index contributed by atoms with van der Waals surface area (Å²) in [4.78, 5) is 34.5. The second-order valence-electron chi connectivity index (χ2n) is 7.60. The highest BCUT2D eigenvalue weighted by Gasteiger charge is 2.52. The third-order valence-electron chi connectivity index (χ3n) is 5.94. The molecular formula is C21H26N4O2. The Morgan fingerprint density at radius 1 is 1.15 bits per heavy atom. The normalized spacial score (nSPS) is 22.6. The maximum atomic E-state index is 13.5. The number of hydrogen-bond donors (Lipinski definition) is 0. The first-order chi connectivity index (χ1) is 13.1. The highest BCUT2D eigenvalue weighted by Crippen LogP contribution is 2.39. The van der Waals surface area contributed by atoms with Crippen LogP contribution in [-0.2, 0) is 22.7 Å². The maximum Gasteiger partial charge on any atom is 0.248 e. The van der Waals surface area contributed by atoms with Crippen LogP contribution in [0.15, 0.2) is 42.7 Å². The van der Waals surface area contributed by atoms with Crippen molar-refractivity contribution in [1.29, 1.82) is 0 Å². The number of piperidine rings is 1. The Morgan fingerprint density at radius 2 is 1.89 bits per heavy atom. The zero-order valence-electron chi connectivity index (χ0n) is 15.8. The highest BCUT2D eigenvalue weighted by atomic mass is 16.2. The van der Waals surface area contributed by atoms with Crippen molar-refractivity contribution >= 4 is 11.8 Å². The molecule has 2 aromatic rings. The second-order valence-corrected chi connectivity index (χ2v) is 7.60. The van der Waals surface area contributed by atoms with Gasteiger partial charge in [-0.1, -0.05) is 30.3 Å². The lowest BCUT2D eigenvalue weighted by Crippen LogP contribution is -2.61. The van der Waals surface area contributed by atoms with Gasteiger partial charge in [0.25, 0.3) is 0 Å². The van der Waals surface area contributed by atoms with Crippen LogP contribution in [0.2, 0.25) is 0 Å². The molecule has 0 aliphatic carbocycles. The number of likely N-dealkylation sites (tertiary alicyclic amines) is 2. The second kappa shape index (κ2) is 7.18. The molecule has 6 nitrogen and oxygen atoms in total. The summed E-state index contributed by atoms with van der Waals surface area (Å²) in [6.45, 7) is 4.18. The number of rotatable bonds is 4. The van der Waals surface area contributed by atoms with Gasteiger partial charge in [-0.2, -0.15) is 0 Å². The first kappa shape index (κ1) is 17.8. The van der Waals surface area contributed by atoms with Gasteiger partial charge in [0.15, 0.2) is 0 Å². The summed E-state index contributed by atoms with van der Waals surface area (Å²) in [5.41, 5.74) is 0.478. The molecule has 2 amide bonds. The standard InChI is InChI=1S/C21H26N4O2/c1-17-22-11-14-23(17)16-19(26)25-13-6-10-21(25)9-5-12-24(20(21)27)15-18-7-3-2-4-8-18/h2-4,7-8,11,14H,5-6,9-10,12-13,15-16H2,1H3. The number of carbonyl (C=O) groups excluding carboxylic acids is 2. The fraction of sp³-hybridized carbons (Fsp3) is 0.476. The molecule has 1 unspecified atom stereocenters. The van der Waals surface area contributed by atoms with Crippen molar-refractivity contribution in [1.82, 2.24) is 19.4 Å². The summed E-state index contributed by atoms with van der Waals surface area (Å²) in [7, 11) is 0. The number of amides is 2. The quantitative estimate of drug-likeness (QED) is 0.835. The SMILES string of the molecule is Cc1nccn1CC(=O)N1CCCC12CCCN(Cc1ccccc1)C2=O. The predicted molar refractivity (Wildman–Crippen MR) is 102 cm³/mol. The maximum absolute atomic E-state index is 13.5. The van der Waals surface area contributed by atoms with Gasteiger partial charge in [0.05, 0.1) is 0 Å². The van der Waals surface area contributed by atoms with Crippen LogP contribution in [0.5, 0.6) is 0 Å². The van der Waals surface area contributed by atoms with Crippen molar-refractivity contribution in [2.24, 2.45) is 0 Å². The van der Waals surface area contributed by atoms with Gasteiger partial charge in [0.1, 0.15) is 17.9 Å². The van der Waals surface area contributed by atoms with Crippen LogP contribution in [0.1, 0.15) is 37.1 Å². The van der Waals surface area contributed by atoms with Gasteiger partial charge in [0.2, 0.25) is 11.8 Å². The summed E-state index contributed by atoms with van der Waals surface area (Å²) in [6, 6.07) is 10.1. The number of carbonyl (C=O) groups is 2. The van der Waals surface area contributed by atoms with Crippen LogP contribution in [0.4, 0.5) is 0 Å². The molecule has 0 bridgehead atoms. The van der Waals surface area contributed by atoms with E-state index in [0.29, 0.717) is 13.1 Å². The van der Waals surface area contributed by atoms with E-state index >= 15 is 0 Å². The Morgan fingerprint density at radius 3 is 2.59 bits per heavy atom. The lowest BCUT2D eigenvalue weighted by Gasteiger charge is -2.44. The monoisotopic (exact) mass is 366 g/mol. The summed E-state index contributed by atoms with van der Waals surface area (Å²) in [5.74, 6) is 0.951. The van der Waals surface area contributed by atoms with E-state index in [1.165, 1.54) is 0 Å². The predicted octanol–water partition coefficient (Wildman–Crippen LogP) is 2.38. The van der Waals surface area contributed by atoms with E-state index in [0.717, 1.165) is 43.6 Å². The Balaban J connectivity index is 1.53. The van der Waals surface area contributed by atoms with Crippen LogP contribution in [0, 0.1) is 6.92 Å². The van der Waals surface area contributed by atoms with Crippen molar-refractivity contribution in [2.45, 2.75) is 51.2 Å². The summed E-state index contributed by atoms with van der Waals surface area (Å²) < 4.78 is 1.85. The van der Waals surface area contributed by atoms with Gasteiger partial charge in [-0.3, -0.25) is 9.59 Å². The molecular weight excluding hydrogens is 340 g/mol. The van der Waals surface area contributed by atoms with E-state index in [2.05, 4.69) is 4.98 Å². The molecule has 2 aliphatic rings. The largest absolute Gasteiger partial charge is 0.336 e. The Bertz CT molecular complexity index is 832. The fourth-order valence-corrected chi connectivity index (χ4v) is 4.55. The van der Waals surface area contributed by atoms with Crippen LogP contribution >= 0.6 is 0 Å². The molecule has 1 aromatic heterocycles. The molecule has 1 spiro atoms. The third-order valence-corrected chi connectivity index (χ3v) is 5.94. The van der Waals surface area contributed by atoms with E-state index in [1.807, 2.05) is 57.8 Å². The molecule has 4 rings (SSSR count). The Hall–Kier alpha value is -2.63. The summed E-state index contributed by atoms with van der Waals surface area (Å²) in [6.07, 6.45) is 6.89. The molecule has 2 aliphatic heterocycles. The average Bonchev–Trinajstić information content (AvgIpc) is 3.27. The van der Waals surface area contributed by atoms with Crippen LogP contribution in [-0.4, -0.2) is 49.8 Å². The number of nitrogens with zero attached hydrogens (tertiary/aromatic N) is 4. The van der Waals surface area contributed by atoms with Crippen molar-refractivity contribution in [2.75, 3.05) is 13.1 Å². The van der Waals surface area contributed by atoms with E-state index < -0.39 is 5.54 Å². The van der Waals surface area contributed by atoms with E-state index in [1.54, 1.807) is 6.20 Å². The molecule has 1 aromatic carbocycles. The number of aromatic nitrogens is 2. The van der Waals surface area contributed by atoms with Gasteiger partial charge in [0, 0.05) is 32.0 Å². The zero-order chi connectivity index (χ0) is 18.9. The smallest absolute Gasteiger partial charge is 0.248 e. The minimum Gasteiger partial charge on any atom is -0.336 e. The third kappa shape index (κ3) is 3.24. The van der Waals surface area contributed by atoms with Crippen LogP contribution in [0.3, 0.4) is 0 Å². The minimum atomic E-state index is -0.654. The first-order valence-corrected chi connectivity index (χ1v) is 9.72. The highest BCUT2D eigenvalue weighted by molar-refractivity contribution is 5.92. The fourth-order valence-electron chi connectivity index (χ4n) is 4.55. The van der Waals surface area contributed by atoms with E-state index in [-0.39, 0.29) is 18.4 Å². The number of benzene rings is 1. The lowest BCUT2D eigenvalue weighted by atomic mass is 9.85. The van der Waals surface area contributed by atoms with Crippen molar-refractivity contribution < 1.29 is 9.59 Å². The molecule has 2 saturated heterocycles. The van der Waals surface area contributed by atoms with Crippen LogP contribution in [0.25, 0.3) is 0 Å². The summed E-state index contributed by atoms with van der Waals surface area (Å²) in [5, 5.41) is 0. The van der Waals surface area contributed by atoms with Crippen molar-refractivity contribution in [3.8, 4) is 0 Å². The molecule has 1 atom stereocenters. The molecule has 27 heavy (non-hydrogen) atoms. The minimum absolute atomic E-state index is 0.0171. The van der Waals surface area contributed by atoms with E-state index in [9.17, 15) is 9.59 Å². The lowest BCUT2D eigenvalue weighted by molar-refractivity contribution is -0.156. The summed E-state index contributed by atoms with van der Waals surface area (Å²) >= 11 is 0. The molecule has 142 valence electrons. The first-order valence-electron chi connectivity index (χ1n) is 9.72. The number of imidazole rings is 1. The van der Waals surface area contributed by atoms with Crippen molar-refractivity contribution in [3.63, 3.8) is 0 Å². The molecule has 3 heterocycles. The topological polar surface area (TPSA) is 58.4 Å². The van der Waals surface area contributed by atoms with Gasteiger partial charge < -0.3 is 14.4 Å². The zero-order valence-corrected chi connectivity index (χ0v) is 15.8. The van der Waals surface area contributed by atoms with Gasteiger partial charge in [-0.15, -0.1) is 0 Å². The Kier molecular flexibility index (Phi) is 4.72. The molecule has 0 radical (unpaired) electrons. The molecule has 0 saturated carbocycles. The van der Waals surface area contributed by atoms with Gasteiger partial charge in [-0.25, -0.2) is 4.98 Å². The van der Waals surface area contributed by atoms with E-state index in [4.69, 9.17) is 0 Å². The Labute approximate surface area is 159 Å². The molecule has 2 fully saturated rings.